The number of halogens is 1. The number of aliphatic hydroxyl groups is 1. The van der Waals surface area contributed by atoms with Crippen molar-refractivity contribution < 1.29 is 20.0 Å². The van der Waals surface area contributed by atoms with E-state index in [9.17, 15) is 14.7 Å². The summed E-state index contributed by atoms with van der Waals surface area (Å²) in [7, 11) is 0. The molecule has 0 heterocycles. The van der Waals surface area contributed by atoms with Crippen molar-refractivity contribution >= 4 is 29.0 Å². The van der Waals surface area contributed by atoms with E-state index in [0.717, 1.165) is 5.56 Å². The first-order chi connectivity index (χ1) is 14.6. The number of rotatable bonds is 9. The molecule has 5 nitrogen and oxygen atoms in total. The van der Waals surface area contributed by atoms with Gasteiger partial charge in [-0.15, -0.1) is 0 Å². The molecule has 0 saturated carbocycles. The van der Waals surface area contributed by atoms with Crippen LogP contribution in [0.1, 0.15) is 27.4 Å². The van der Waals surface area contributed by atoms with E-state index in [2.05, 4.69) is 5.32 Å². The van der Waals surface area contributed by atoms with Crippen LogP contribution < -0.4 is 10.6 Å². The van der Waals surface area contributed by atoms with Crippen LogP contribution in [0.15, 0.2) is 78.9 Å². The Balaban J connectivity index is 1.63. The minimum atomic E-state index is -0.232. The molecular weight excluding hydrogens is 400 g/mol. The SMILES string of the molecule is O=C(C[NH2+]C[C@H](CO)c1ccccc1)Nc1ccc(Cl)cc1C(=O)c1ccccc1. The lowest BCUT2D eigenvalue weighted by atomic mass is 10.0. The normalized spacial score (nSPS) is 11.7. The van der Waals surface area contributed by atoms with Gasteiger partial charge in [-0.2, -0.15) is 0 Å². The van der Waals surface area contributed by atoms with E-state index in [4.69, 9.17) is 11.6 Å². The molecule has 4 N–H and O–H groups in total. The summed E-state index contributed by atoms with van der Waals surface area (Å²) in [6, 6.07) is 23.4. The number of hydrogen-bond donors (Lipinski definition) is 3. The van der Waals surface area contributed by atoms with Gasteiger partial charge in [0.05, 0.1) is 24.8 Å². The number of aliphatic hydroxyl groups excluding tert-OH is 1. The standard InChI is InChI=1S/C24H23ClN2O3/c25-20-11-12-22(21(13-20)24(30)18-9-5-2-6-10-18)27-23(29)15-26-14-19(16-28)17-7-3-1-4-8-17/h1-13,19,26,28H,14-16H2,(H,27,29)/p+1/t19-/m1/s1. The lowest BCUT2D eigenvalue weighted by Gasteiger charge is -2.14. The van der Waals surface area contributed by atoms with Crippen LogP contribution in [0.2, 0.25) is 5.02 Å². The maximum Gasteiger partial charge on any atom is 0.279 e. The highest BCUT2D eigenvalue weighted by molar-refractivity contribution is 6.31. The summed E-state index contributed by atoms with van der Waals surface area (Å²) in [5, 5.41) is 14.7. The molecule has 3 aromatic rings. The zero-order chi connectivity index (χ0) is 21.3. The predicted molar refractivity (Wildman–Crippen MR) is 118 cm³/mol. The Morgan fingerprint density at radius 1 is 0.967 bits per heavy atom. The first-order valence-corrected chi connectivity index (χ1v) is 10.1. The predicted octanol–water partition coefficient (Wildman–Crippen LogP) is 2.85. The second-order valence-corrected chi connectivity index (χ2v) is 7.39. The highest BCUT2D eigenvalue weighted by atomic mass is 35.5. The van der Waals surface area contributed by atoms with Crippen molar-refractivity contribution in [3.63, 3.8) is 0 Å². The Morgan fingerprint density at radius 2 is 1.63 bits per heavy atom. The molecule has 0 spiro atoms. The summed E-state index contributed by atoms with van der Waals surface area (Å²) in [5.74, 6) is -0.490. The average molecular weight is 424 g/mol. The molecule has 1 amide bonds. The first-order valence-electron chi connectivity index (χ1n) is 9.75. The van der Waals surface area contributed by atoms with Gasteiger partial charge in [0.15, 0.2) is 12.3 Å². The lowest BCUT2D eigenvalue weighted by molar-refractivity contribution is -0.646. The highest BCUT2D eigenvalue weighted by Gasteiger charge is 2.17. The third-order valence-electron chi connectivity index (χ3n) is 4.81. The number of anilines is 1. The van der Waals surface area contributed by atoms with Gasteiger partial charge in [0.2, 0.25) is 0 Å². The van der Waals surface area contributed by atoms with Crippen molar-refractivity contribution in [3.8, 4) is 0 Å². The molecule has 0 aliphatic heterocycles. The number of ketones is 1. The summed E-state index contributed by atoms with van der Waals surface area (Å²) < 4.78 is 0. The summed E-state index contributed by atoms with van der Waals surface area (Å²) in [6.45, 7) is 0.754. The Bertz CT molecular complexity index is 994. The molecule has 0 aliphatic rings. The maximum atomic E-state index is 12.9. The summed E-state index contributed by atoms with van der Waals surface area (Å²) in [6.07, 6.45) is 0. The van der Waals surface area contributed by atoms with Crippen LogP contribution in [0.5, 0.6) is 0 Å². The van der Waals surface area contributed by atoms with Gasteiger partial charge in [-0.05, 0) is 23.8 Å². The van der Waals surface area contributed by atoms with Crippen molar-refractivity contribution in [1.82, 2.24) is 0 Å². The van der Waals surface area contributed by atoms with E-state index in [1.807, 2.05) is 41.7 Å². The molecule has 1 atom stereocenters. The van der Waals surface area contributed by atoms with Crippen LogP contribution in [-0.4, -0.2) is 36.5 Å². The summed E-state index contributed by atoms with van der Waals surface area (Å²) in [5.41, 5.74) is 2.33. The number of nitrogens with one attached hydrogen (secondary N) is 1. The van der Waals surface area contributed by atoms with Gasteiger partial charge in [-0.3, -0.25) is 9.59 Å². The molecule has 0 fully saturated rings. The van der Waals surface area contributed by atoms with Gasteiger partial charge in [0, 0.05) is 16.1 Å². The molecule has 6 heteroatoms. The van der Waals surface area contributed by atoms with E-state index in [1.165, 1.54) is 0 Å². The van der Waals surface area contributed by atoms with Gasteiger partial charge in [-0.1, -0.05) is 72.3 Å². The average Bonchev–Trinajstić information content (AvgIpc) is 2.78. The van der Waals surface area contributed by atoms with Crippen molar-refractivity contribution in [2.24, 2.45) is 0 Å². The number of carbonyl (C=O) groups excluding carboxylic acids is 2. The molecule has 0 bridgehead atoms. The molecule has 0 saturated heterocycles. The number of hydrogen-bond acceptors (Lipinski definition) is 3. The van der Waals surface area contributed by atoms with Crippen molar-refractivity contribution in [2.75, 3.05) is 25.0 Å². The van der Waals surface area contributed by atoms with Crippen LogP contribution in [-0.2, 0) is 4.79 Å². The van der Waals surface area contributed by atoms with Crippen LogP contribution in [0.25, 0.3) is 0 Å². The Morgan fingerprint density at radius 3 is 2.30 bits per heavy atom. The van der Waals surface area contributed by atoms with E-state index >= 15 is 0 Å². The fourth-order valence-electron chi connectivity index (χ4n) is 3.22. The Labute approximate surface area is 180 Å². The van der Waals surface area contributed by atoms with Gasteiger partial charge in [0.1, 0.15) is 0 Å². The zero-order valence-corrected chi connectivity index (χ0v) is 17.2. The molecule has 3 aromatic carbocycles. The number of carbonyl (C=O) groups is 2. The molecule has 30 heavy (non-hydrogen) atoms. The van der Waals surface area contributed by atoms with Gasteiger partial charge in [0.25, 0.3) is 5.91 Å². The maximum absolute atomic E-state index is 12.9. The zero-order valence-electron chi connectivity index (χ0n) is 16.4. The fraction of sp³-hybridized carbons (Fsp3) is 0.167. The topological polar surface area (TPSA) is 83.0 Å². The van der Waals surface area contributed by atoms with Crippen LogP contribution >= 0.6 is 11.6 Å². The third-order valence-corrected chi connectivity index (χ3v) is 5.04. The molecule has 0 unspecified atom stereocenters. The molecule has 154 valence electrons. The van der Waals surface area contributed by atoms with Gasteiger partial charge < -0.3 is 15.7 Å². The van der Waals surface area contributed by atoms with Gasteiger partial charge >= 0.3 is 0 Å². The lowest BCUT2D eigenvalue weighted by Crippen LogP contribution is -2.87. The minimum absolute atomic E-state index is 0.00897. The first kappa shape index (κ1) is 21.7. The largest absolute Gasteiger partial charge is 0.396 e. The summed E-state index contributed by atoms with van der Waals surface area (Å²) >= 11 is 6.08. The van der Waals surface area contributed by atoms with E-state index < -0.39 is 0 Å². The quantitative estimate of drug-likeness (QED) is 0.463. The van der Waals surface area contributed by atoms with Crippen LogP contribution in [0.3, 0.4) is 0 Å². The van der Waals surface area contributed by atoms with Crippen molar-refractivity contribution in [3.05, 3.63) is 101 Å². The smallest absolute Gasteiger partial charge is 0.279 e. The molecule has 3 rings (SSSR count). The monoisotopic (exact) mass is 423 g/mol. The van der Waals surface area contributed by atoms with Crippen molar-refractivity contribution in [2.45, 2.75) is 5.92 Å². The second kappa shape index (κ2) is 10.7. The number of benzene rings is 3. The van der Waals surface area contributed by atoms with Crippen LogP contribution in [0.4, 0.5) is 5.69 Å². The molecule has 0 aromatic heterocycles. The van der Waals surface area contributed by atoms with E-state index in [0.29, 0.717) is 28.4 Å². The summed E-state index contributed by atoms with van der Waals surface area (Å²) in [4.78, 5) is 25.3. The third kappa shape index (κ3) is 5.76. The molecule has 0 radical (unpaired) electrons. The second-order valence-electron chi connectivity index (χ2n) is 6.95. The van der Waals surface area contributed by atoms with Gasteiger partial charge in [-0.25, -0.2) is 0 Å². The van der Waals surface area contributed by atoms with Crippen LogP contribution in [0, 0.1) is 0 Å². The molecular formula is C24H24ClN2O3+. The minimum Gasteiger partial charge on any atom is -0.396 e. The highest BCUT2D eigenvalue weighted by Crippen LogP contribution is 2.23. The number of quaternary nitrogens is 1. The van der Waals surface area contributed by atoms with E-state index in [-0.39, 0.29) is 30.8 Å². The number of amides is 1. The Kier molecular flexibility index (Phi) is 7.74. The molecule has 0 aliphatic carbocycles. The van der Waals surface area contributed by atoms with Crippen molar-refractivity contribution in [1.29, 1.82) is 0 Å². The number of nitrogens with two attached hydrogens (primary N) is 1. The Hall–Kier alpha value is -2.99. The fourth-order valence-corrected chi connectivity index (χ4v) is 3.39. The van der Waals surface area contributed by atoms with E-state index in [1.54, 1.807) is 42.5 Å².